The smallest absolute Gasteiger partial charge is 0.211 e. The highest BCUT2D eigenvalue weighted by molar-refractivity contribution is 6.33. The summed E-state index contributed by atoms with van der Waals surface area (Å²) in [6.45, 7) is 15.5. The van der Waals surface area contributed by atoms with Crippen LogP contribution in [0.15, 0.2) is 73.8 Å². The Hall–Kier alpha value is -2.80. The van der Waals surface area contributed by atoms with Gasteiger partial charge in [-0.05, 0) is 70.8 Å². The van der Waals surface area contributed by atoms with Crippen molar-refractivity contribution in [2.45, 2.75) is 57.7 Å². The molecule has 1 aliphatic carbocycles. The molecule has 0 atom stereocenters. The maximum Gasteiger partial charge on any atom is 0.211 e. The number of para-hydroxylation sites is 3. The first-order valence-electron chi connectivity index (χ1n) is 13.5. The van der Waals surface area contributed by atoms with Crippen molar-refractivity contribution in [3.05, 3.63) is 78.9 Å². The van der Waals surface area contributed by atoms with E-state index in [1.807, 2.05) is 0 Å². The Morgan fingerprint density at radius 1 is 0.947 bits per heavy atom. The molecule has 1 saturated carbocycles. The molecule has 1 saturated heterocycles. The second-order valence-corrected chi connectivity index (χ2v) is 10.1. The van der Waals surface area contributed by atoms with Gasteiger partial charge in [0, 0.05) is 38.3 Å². The molecule has 2 N–H and O–H groups in total. The zero-order valence-electron chi connectivity index (χ0n) is 23.2. The van der Waals surface area contributed by atoms with E-state index < -0.39 is 0 Å². The Morgan fingerprint density at radius 3 is 2.11 bits per heavy atom. The summed E-state index contributed by atoms with van der Waals surface area (Å²) >= 11 is 5.68. The van der Waals surface area contributed by atoms with Gasteiger partial charge in [0.25, 0.3) is 0 Å². The van der Waals surface area contributed by atoms with Gasteiger partial charge in [-0.15, -0.1) is 0 Å². The van der Waals surface area contributed by atoms with Crippen molar-refractivity contribution < 1.29 is 9.53 Å². The Kier molecular flexibility index (Phi) is 14.6. The van der Waals surface area contributed by atoms with Crippen LogP contribution in [-0.4, -0.2) is 62.7 Å². The van der Waals surface area contributed by atoms with Crippen LogP contribution in [0.4, 0.5) is 11.4 Å². The molecule has 1 aliphatic heterocycles. The Morgan fingerprint density at radius 2 is 1.55 bits per heavy atom. The maximum absolute atomic E-state index is 9.96. The SMILES string of the molecule is C=CC=C.CNC1CCC(N2CCN(c3ccccc3OC(C)C)CC2)CC1.O=CNc1ccccc1Cl. The fraction of sp³-hybridized carbons (Fsp3) is 0.452. The van der Waals surface area contributed by atoms with E-state index in [-0.39, 0.29) is 6.10 Å². The van der Waals surface area contributed by atoms with Crippen LogP contribution in [0.3, 0.4) is 0 Å². The number of hydrogen-bond acceptors (Lipinski definition) is 5. The summed E-state index contributed by atoms with van der Waals surface area (Å²) in [4.78, 5) is 15.2. The third-order valence-electron chi connectivity index (χ3n) is 6.76. The zero-order chi connectivity index (χ0) is 27.8. The van der Waals surface area contributed by atoms with E-state index in [1.165, 1.54) is 44.5 Å². The monoisotopic (exact) mass is 540 g/mol. The van der Waals surface area contributed by atoms with Gasteiger partial charge in [0.15, 0.2) is 0 Å². The molecule has 0 bridgehead atoms. The van der Waals surface area contributed by atoms with Crippen LogP contribution in [-0.2, 0) is 4.79 Å². The predicted molar refractivity (Wildman–Crippen MR) is 163 cm³/mol. The lowest BCUT2D eigenvalue weighted by Crippen LogP contribution is -2.52. The van der Waals surface area contributed by atoms with E-state index in [0.29, 0.717) is 17.1 Å². The molecule has 0 radical (unpaired) electrons. The van der Waals surface area contributed by atoms with Gasteiger partial charge in [0.2, 0.25) is 6.41 Å². The third kappa shape index (κ3) is 10.5. The van der Waals surface area contributed by atoms with Crippen molar-refractivity contribution in [2.24, 2.45) is 0 Å². The molecule has 4 rings (SSSR count). The van der Waals surface area contributed by atoms with Crippen molar-refractivity contribution in [3.63, 3.8) is 0 Å². The Balaban J connectivity index is 0.000000299. The standard InChI is InChI=1S/C20H33N3O.C7H6ClNO.C4H6/c1-16(2)24-20-7-5-4-6-19(20)23-14-12-22(13-15-23)18-10-8-17(21-3)9-11-18;8-6-3-1-2-4-7(6)9-5-10;1-3-4-2/h4-7,16-18,21H,8-15H2,1-3H3;1-5H,(H,9,10);3-4H,1-2H2. The fourth-order valence-electron chi connectivity index (χ4n) is 4.77. The van der Waals surface area contributed by atoms with Crippen LogP contribution >= 0.6 is 11.6 Å². The highest BCUT2D eigenvalue weighted by atomic mass is 35.5. The number of allylic oxidation sites excluding steroid dienone is 2. The molecule has 6 nitrogen and oxygen atoms in total. The minimum atomic E-state index is 0.217. The quantitative estimate of drug-likeness (QED) is 0.300. The topological polar surface area (TPSA) is 56.8 Å². The maximum atomic E-state index is 9.96. The second kappa shape index (κ2) is 17.7. The Labute approximate surface area is 234 Å². The molecule has 2 aromatic carbocycles. The number of nitrogens with zero attached hydrogens (tertiary/aromatic N) is 2. The second-order valence-electron chi connectivity index (χ2n) is 9.66. The number of carbonyl (C=O) groups excluding carboxylic acids is 1. The number of carbonyl (C=O) groups is 1. The average Bonchev–Trinajstić information content (AvgIpc) is 2.95. The number of ether oxygens (including phenoxy) is 1. The predicted octanol–water partition coefficient (Wildman–Crippen LogP) is 6.39. The van der Waals surface area contributed by atoms with E-state index >= 15 is 0 Å². The molecule has 7 heteroatoms. The first-order chi connectivity index (χ1) is 18.4. The van der Waals surface area contributed by atoms with Crippen LogP contribution in [0.1, 0.15) is 39.5 Å². The van der Waals surface area contributed by atoms with Crippen molar-refractivity contribution >= 4 is 29.4 Å². The number of rotatable bonds is 8. The van der Waals surface area contributed by atoms with E-state index in [9.17, 15) is 4.79 Å². The lowest BCUT2D eigenvalue weighted by atomic mass is 9.90. The molecule has 1 amide bonds. The van der Waals surface area contributed by atoms with Gasteiger partial charge in [0.1, 0.15) is 5.75 Å². The summed E-state index contributed by atoms with van der Waals surface area (Å²) in [5.41, 5.74) is 1.89. The Bertz CT molecular complexity index is 962. The van der Waals surface area contributed by atoms with Gasteiger partial charge in [-0.2, -0.15) is 0 Å². The zero-order valence-corrected chi connectivity index (χ0v) is 24.0. The molecular formula is C31H45ClN4O2. The average molecular weight is 541 g/mol. The van der Waals surface area contributed by atoms with Crippen LogP contribution in [0.25, 0.3) is 0 Å². The molecule has 2 aliphatic rings. The van der Waals surface area contributed by atoms with Crippen molar-refractivity contribution in [1.29, 1.82) is 0 Å². The van der Waals surface area contributed by atoms with Crippen molar-refractivity contribution in [1.82, 2.24) is 10.2 Å². The molecule has 2 aromatic rings. The van der Waals surface area contributed by atoms with Gasteiger partial charge in [-0.3, -0.25) is 9.69 Å². The largest absolute Gasteiger partial charge is 0.489 e. The number of nitrogens with one attached hydrogen (secondary N) is 2. The van der Waals surface area contributed by atoms with Crippen LogP contribution in [0.5, 0.6) is 5.75 Å². The molecule has 0 unspecified atom stereocenters. The van der Waals surface area contributed by atoms with Crippen molar-refractivity contribution in [2.75, 3.05) is 43.4 Å². The molecule has 0 spiro atoms. The van der Waals surface area contributed by atoms with Gasteiger partial charge in [-0.1, -0.05) is 61.2 Å². The van der Waals surface area contributed by atoms with E-state index in [0.717, 1.165) is 30.9 Å². The highest BCUT2D eigenvalue weighted by Gasteiger charge is 2.28. The number of benzene rings is 2. The lowest BCUT2D eigenvalue weighted by Gasteiger charge is -2.43. The fourth-order valence-corrected chi connectivity index (χ4v) is 4.96. The molecule has 2 fully saturated rings. The lowest BCUT2D eigenvalue weighted by molar-refractivity contribution is -0.105. The summed E-state index contributed by atoms with van der Waals surface area (Å²) in [6, 6.07) is 17.1. The number of anilines is 2. The minimum Gasteiger partial charge on any atom is -0.489 e. The molecule has 208 valence electrons. The molecule has 0 aromatic heterocycles. The number of hydrogen-bond donors (Lipinski definition) is 2. The molecule has 38 heavy (non-hydrogen) atoms. The minimum absolute atomic E-state index is 0.217. The number of piperazine rings is 1. The first kappa shape index (κ1) is 31.4. The van der Waals surface area contributed by atoms with Gasteiger partial charge >= 0.3 is 0 Å². The summed E-state index contributed by atoms with van der Waals surface area (Å²) in [5.74, 6) is 1.02. The highest BCUT2D eigenvalue weighted by Crippen LogP contribution is 2.31. The molecule has 1 heterocycles. The van der Waals surface area contributed by atoms with Crippen LogP contribution in [0, 0.1) is 0 Å². The summed E-state index contributed by atoms with van der Waals surface area (Å²) in [7, 11) is 2.10. The van der Waals surface area contributed by atoms with E-state index in [4.69, 9.17) is 16.3 Å². The normalized spacial score (nSPS) is 19.2. The van der Waals surface area contributed by atoms with Crippen molar-refractivity contribution in [3.8, 4) is 5.75 Å². The van der Waals surface area contributed by atoms with Gasteiger partial charge < -0.3 is 20.3 Å². The third-order valence-corrected chi connectivity index (χ3v) is 7.09. The molecular weight excluding hydrogens is 496 g/mol. The number of amides is 1. The van der Waals surface area contributed by atoms with Crippen LogP contribution in [0.2, 0.25) is 5.02 Å². The summed E-state index contributed by atoms with van der Waals surface area (Å²) in [5, 5.41) is 6.45. The van der Waals surface area contributed by atoms with Crippen LogP contribution < -0.4 is 20.3 Å². The summed E-state index contributed by atoms with van der Waals surface area (Å²) < 4.78 is 6.00. The summed E-state index contributed by atoms with van der Waals surface area (Å²) in [6.07, 6.45) is 9.44. The van der Waals surface area contributed by atoms with E-state index in [1.54, 1.807) is 36.4 Å². The van der Waals surface area contributed by atoms with Gasteiger partial charge in [-0.25, -0.2) is 0 Å². The first-order valence-corrected chi connectivity index (χ1v) is 13.9. The van der Waals surface area contributed by atoms with E-state index in [2.05, 4.69) is 78.8 Å². The number of halogens is 1. The van der Waals surface area contributed by atoms with Gasteiger partial charge in [0.05, 0.1) is 22.5 Å².